The zero-order valence-corrected chi connectivity index (χ0v) is 7.58. The Balaban J connectivity index is 2.51. The van der Waals surface area contributed by atoms with E-state index in [0.29, 0.717) is 5.56 Å². The first kappa shape index (κ1) is 7.21. The Hall–Kier alpha value is -1.22. The van der Waals surface area contributed by atoms with Crippen LogP contribution in [0.4, 0.5) is 0 Å². The number of rotatable bonds is 5. The van der Waals surface area contributed by atoms with Crippen LogP contribution in [0.5, 0.6) is 0 Å². The maximum atomic E-state index is 11.6. The van der Waals surface area contributed by atoms with Gasteiger partial charge in [-0.3, -0.25) is 9.78 Å². The Kier molecular flexibility index (Phi) is 3.01. The first-order chi connectivity index (χ1) is 7.05. The van der Waals surface area contributed by atoms with E-state index in [0.717, 1.165) is 0 Å². The minimum absolute atomic E-state index is 0.0813. The lowest BCUT2D eigenvalue weighted by Crippen LogP contribution is -2.10. The lowest BCUT2D eigenvalue weighted by atomic mass is 10.1. The zero-order valence-electron chi connectivity index (χ0n) is 9.58. The molecule has 0 unspecified atom stereocenters. The number of nitrogens with zero attached hydrogens (tertiary/aromatic N) is 1. The molecule has 0 aromatic carbocycles. The van der Waals surface area contributed by atoms with E-state index in [4.69, 9.17) is 2.74 Å². The molecule has 0 aliphatic carbocycles. The molecule has 1 heterocycles. The van der Waals surface area contributed by atoms with Crippen LogP contribution in [0.25, 0.3) is 0 Å². The molecular formula is C10H14N2O. The number of pyridine rings is 1. The highest BCUT2D eigenvalue weighted by atomic mass is 16.1. The average molecular weight is 180 g/mol. The molecule has 0 saturated carbocycles. The number of hydrogen-bond donors (Lipinski definition) is 1. The summed E-state index contributed by atoms with van der Waals surface area (Å²) in [6.45, 7) is -1.49. The monoisotopic (exact) mass is 180 g/mol. The number of nitrogens with one attached hydrogen (secondary N) is 1. The SMILES string of the molecule is [2H]C([2H])(CCC(=O)c1cccnc1)NC. The minimum Gasteiger partial charge on any atom is -0.320 e. The molecule has 0 spiro atoms. The van der Waals surface area contributed by atoms with Crippen molar-refractivity contribution in [2.24, 2.45) is 0 Å². The van der Waals surface area contributed by atoms with Crippen LogP contribution in [0.3, 0.4) is 0 Å². The van der Waals surface area contributed by atoms with E-state index in [1.54, 1.807) is 18.3 Å². The van der Waals surface area contributed by atoms with Gasteiger partial charge in [0.15, 0.2) is 5.78 Å². The molecule has 0 aliphatic heterocycles. The maximum Gasteiger partial charge on any atom is 0.164 e. The molecule has 0 fully saturated rings. The summed E-state index contributed by atoms with van der Waals surface area (Å²) >= 11 is 0. The first-order valence-electron chi connectivity index (χ1n) is 5.17. The van der Waals surface area contributed by atoms with E-state index in [-0.39, 0.29) is 18.6 Å². The van der Waals surface area contributed by atoms with Crippen LogP contribution in [-0.2, 0) is 0 Å². The van der Waals surface area contributed by atoms with Crippen LogP contribution in [0.1, 0.15) is 25.9 Å². The van der Waals surface area contributed by atoms with Gasteiger partial charge in [0.1, 0.15) is 0 Å². The number of carbonyl (C=O) groups is 1. The lowest BCUT2D eigenvalue weighted by molar-refractivity contribution is 0.0980. The largest absolute Gasteiger partial charge is 0.320 e. The molecule has 1 rings (SSSR count). The van der Waals surface area contributed by atoms with Gasteiger partial charge < -0.3 is 5.32 Å². The van der Waals surface area contributed by atoms with Gasteiger partial charge in [-0.05, 0) is 32.1 Å². The van der Waals surface area contributed by atoms with Crippen molar-refractivity contribution in [2.75, 3.05) is 13.5 Å². The number of Topliss-reactive ketones (excluding diaryl/α,β-unsaturated/α-hetero) is 1. The molecular weight excluding hydrogens is 164 g/mol. The van der Waals surface area contributed by atoms with Crippen LogP contribution < -0.4 is 5.32 Å². The first-order valence-corrected chi connectivity index (χ1v) is 4.17. The molecule has 13 heavy (non-hydrogen) atoms. The van der Waals surface area contributed by atoms with Gasteiger partial charge in [-0.1, -0.05) is 0 Å². The summed E-state index contributed by atoms with van der Waals surface area (Å²) in [6.07, 6.45) is 3.44. The fourth-order valence-electron chi connectivity index (χ4n) is 0.973. The van der Waals surface area contributed by atoms with Crippen molar-refractivity contribution in [1.82, 2.24) is 10.3 Å². The molecule has 0 amide bonds. The Morgan fingerprint density at radius 3 is 3.23 bits per heavy atom. The van der Waals surface area contributed by atoms with Crippen LogP contribution in [0.2, 0.25) is 0 Å². The van der Waals surface area contributed by atoms with Gasteiger partial charge in [0.25, 0.3) is 0 Å². The van der Waals surface area contributed by atoms with Crippen molar-refractivity contribution in [2.45, 2.75) is 12.8 Å². The second-order valence-electron chi connectivity index (χ2n) is 2.59. The second kappa shape index (κ2) is 5.43. The quantitative estimate of drug-likeness (QED) is 0.694. The Morgan fingerprint density at radius 2 is 2.62 bits per heavy atom. The van der Waals surface area contributed by atoms with Gasteiger partial charge in [-0.2, -0.15) is 0 Å². The van der Waals surface area contributed by atoms with Crippen LogP contribution in [0, 0.1) is 0 Å². The van der Waals surface area contributed by atoms with E-state index in [1.807, 2.05) is 0 Å². The third kappa shape index (κ3) is 3.34. The molecule has 3 nitrogen and oxygen atoms in total. The molecule has 0 aliphatic rings. The van der Waals surface area contributed by atoms with E-state index in [2.05, 4.69) is 10.3 Å². The van der Waals surface area contributed by atoms with Crippen LogP contribution >= 0.6 is 0 Å². The zero-order chi connectivity index (χ0) is 11.3. The Bertz CT molecular complexity index is 327. The summed E-state index contributed by atoms with van der Waals surface area (Å²) in [5.41, 5.74) is 0.532. The third-order valence-corrected chi connectivity index (χ3v) is 1.64. The van der Waals surface area contributed by atoms with Crippen molar-refractivity contribution in [3.63, 3.8) is 0 Å². The highest BCUT2D eigenvalue weighted by Crippen LogP contribution is 2.02. The predicted octanol–water partition coefficient (Wildman–Crippen LogP) is 1.26. The summed E-state index contributed by atoms with van der Waals surface area (Å²) in [6, 6.07) is 3.38. The summed E-state index contributed by atoms with van der Waals surface area (Å²) in [5.74, 6) is -0.0813. The summed E-state index contributed by atoms with van der Waals surface area (Å²) in [5, 5.41) is 2.51. The Morgan fingerprint density at radius 1 is 1.77 bits per heavy atom. The fraction of sp³-hybridized carbons (Fsp3) is 0.400. The average Bonchev–Trinajstić information content (AvgIpc) is 2.27. The Labute approximate surface area is 81.0 Å². The van der Waals surface area contributed by atoms with Gasteiger partial charge in [0, 0.05) is 27.1 Å². The fourth-order valence-corrected chi connectivity index (χ4v) is 0.973. The van der Waals surface area contributed by atoms with Crippen LogP contribution in [-0.4, -0.2) is 24.3 Å². The van der Waals surface area contributed by atoms with Gasteiger partial charge >= 0.3 is 0 Å². The van der Waals surface area contributed by atoms with Crippen molar-refractivity contribution in [3.8, 4) is 0 Å². The second-order valence-corrected chi connectivity index (χ2v) is 2.59. The molecule has 0 bridgehead atoms. The summed E-state index contributed by atoms with van der Waals surface area (Å²) < 4.78 is 14.8. The molecule has 70 valence electrons. The normalized spacial score (nSPS) is 13.3. The van der Waals surface area contributed by atoms with Crippen molar-refractivity contribution < 1.29 is 7.54 Å². The summed E-state index contributed by atoms with van der Waals surface area (Å²) in [4.78, 5) is 15.4. The van der Waals surface area contributed by atoms with E-state index >= 15 is 0 Å². The van der Waals surface area contributed by atoms with E-state index in [1.165, 1.54) is 13.2 Å². The molecule has 1 aromatic heterocycles. The predicted molar refractivity (Wildman–Crippen MR) is 51.7 cm³/mol. The molecule has 1 N–H and O–H groups in total. The van der Waals surface area contributed by atoms with Crippen molar-refractivity contribution >= 4 is 5.78 Å². The smallest absolute Gasteiger partial charge is 0.164 e. The third-order valence-electron chi connectivity index (χ3n) is 1.64. The lowest BCUT2D eigenvalue weighted by Gasteiger charge is -1.99. The molecule has 3 heteroatoms. The number of ketones is 1. The van der Waals surface area contributed by atoms with Crippen LogP contribution in [0.15, 0.2) is 24.5 Å². The standard InChI is InChI=1S/C10H14N2O/c1-11-6-3-5-10(13)9-4-2-7-12-8-9/h2,4,7-8,11H,3,5-6H2,1H3/i6D2. The van der Waals surface area contributed by atoms with Crippen molar-refractivity contribution in [1.29, 1.82) is 0 Å². The van der Waals surface area contributed by atoms with Gasteiger partial charge in [-0.15, -0.1) is 0 Å². The molecule has 0 saturated heterocycles. The van der Waals surface area contributed by atoms with E-state index in [9.17, 15) is 4.79 Å². The number of aromatic nitrogens is 1. The highest BCUT2D eigenvalue weighted by molar-refractivity contribution is 5.95. The molecule has 0 radical (unpaired) electrons. The van der Waals surface area contributed by atoms with Gasteiger partial charge in [-0.25, -0.2) is 0 Å². The molecule has 0 atom stereocenters. The topological polar surface area (TPSA) is 42.0 Å². The van der Waals surface area contributed by atoms with Crippen molar-refractivity contribution in [3.05, 3.63) is 30.1 Å². The molecule has 1 aromatic rings. The highest BCUT2D eigenvalue weighted by Gasteiger charge is 2.03. The number of carbonyl (C=O) groups excluding carboxylic acids is 1. The van der Waals surface area contributed by atoms with Gasteiger partial charge in [0.05, 0.1) is 0 Å². The number of hydrogen-bond acceptors (Lipinski definition) is 3. The van der Waals surface area contributed by atoms with Gasteiger partial charge in [0.2, 0.25) is 0 Å². The minimum atomic E-state index is -1.49. The van der Waals surface area contributed by atoms with E-state index < -0.39 is 6.50 Å². The maximum absolute atomic E-state index is 11.6. The summed E-state index contributed by atoms with van der Waals surface area (Å²) in [7, 11) is 1.54.